The van der Waals surface area contributed by atoms with Gasteiger partial charge in [-0.05, 0) is 36.7 Å². The molecule has 1 aliphatic heterocycles. The van der Waals surface area contributed by atoms with Gasteiger partial charge in [0.05, 0.1) is 12.6 Å². The van der Waals surface area contributed by atoms with Gasteiger partial charge in [-0.25, -0.2) is 13.6 Å². The third-order valence-corrected chi connectivity index (χ3v) is 4.09. The fourth-order valence-electron chi connectivity index (χ4n) is 2.49. The van der Waals surface area contributed by atoms with Crippen LogP contribution in [-0.2, 0) is 16.1 Å². The highest BCUT2D eigenvalue weighted by Crippen LogP contribution is 2.09. The van der Waals surface area contributed by atoms with Crippen LogP contribution in [0.5, 0.6) is 0 Å². The van der Waals surface area contributed by atoms with Crippen LogP contribution in [-0.4, -0.2) is 36.3 Å². The minimum absolute atomic E-state index is 0.000215. The smallest absolute Gasteiger partial charge is 0.404 e. The van der Waals surface area contributed by atoms with Crippen molar-refractivity contribution in [3.05, 3.63) is 71.3 Å². The number of nitrogens with one attached hydrogen (secondary N) is 2. The molecule has 0 aromatic heterocycles. The van der Waals surface area contributed by atoms with Gasteiger partial charge in [0.15, 0.2) is 17.4 Å². The summed E-state index contributed by atoms with van der Waals surface area (Å²) in [5, 5.41) is 5.40. The monoisotopic (exact) mass is 424 g/mol. The summed E-state index contributed by atoms with van der Waals surface area (Å²) in [5.41, 5.74) is 0.163. The fraction of sp³-hybridized carbons (Fsp3) is 0.250. The minimum atomic E-state index is -1.08. The van der Waals surface area contributed by atoms with Crippen LogP contribution in [0, 0.1) is 11.6 Å². The molecule has 1 amide bonds. The Labute approximate surface area is 171 Å². The van der Waals surface area contributed by atoms with Gasteiger partial charge in [0.2, 0.25) is 0 Å². The van der Waals surface area contributed by atoms with Crippen molar-refractivity contribution in [1.29, 1.82) is 0 Å². The lowest BCUT2D eigenvalue weighted by Gasteiger charge is -2.22. The van der Waals surface area contributed by atoms with Gasteiger partial charge in [-0.2, -0.15) is 0 Å². The lowest BCUT2D eigenvalue weighted by molar-refractivity contribution is -0.121. The molecule has 0 radical (unpaired) electrons. The number of hydrogen-bond donors (Lipinski definition) is 2. The zero-order chi connectivity index (χ0) is 21.2. The van der Waals surface area contributed by atoms with E-state index in [9.17, 15) is 23.2 Å². The van der Waals surface area contributed by atoms with Crippen molar-refractivity contribution in [2.45, 2.75) is 19.1 Å². The molecular weight excluding hydrogens is 406 g/mol. The number of amides is 1. The maximum absolute atomic E-state index is 13.0. The molecule has 1 aliphatic rings. The molecule has 0 bridgehead atoms. The first-order valence-corrected chi connectivity index (χ1v) is 9.10. The van der Waals surface area contributed by atoms with Crippen LogP contribution in [0.25, 0.3) is 0 Å². The van der Waals surface area contributed by atoms with E-state index < -0.39 is 29.0 Å². The largest absolute Gasteiger partial charge is 0.449 e. The Morgan fingerprint density at radius 1 is 1.14 bits per heavy atom. The molecule has 0 saturated carbocycles. The SMILES string of the molecule is O=C(Cl)OCc1ccccc1.O=C(NC1CCNCC1=O)c1ccc(F)c(F)c1. The van der Waals surface area contributed by atoms with E-state index in [4.69, 9.17) is 11.6 Å². The van der Waals surface area contributed by atoms with E-state index in [1.54, 1.807) is 0 Å². The van der Waals surface area contributed by atoms with Crippen molar-refractivity contribution in [3.8, 4) is 0 Å². The van der Waals surface area contributed by atoms with Crippen LogP contribution in [0.2, 0.25) is 0 Å². The number of piperidine rings is 1. The number of carbonyl (C=O) groups excluding carboxylic acids is 3. The number of rotatable bonds is 4. The van der Waals surface area contributed by atoms with E-state index in [1.807, 2.05) is 30.3 Å². The molecule has 1 heterocycles. The van der Waals surface area contributed by atoms with Gasteiger partial charge in [-0.3, -0.25) is 9.59 Å². The summed E-state index contributed by atoms with van der Waals surface area (Å²) >= 11 is 4.97. The van der Waals surface area contributed by atoms with E-state index in [0.717, 1.165) is 17.7 Å². The van der Waals surface area contributed by atoms with Crippen molar-refractivity contribution < 1.29 is 27.9 Å². The van der Waals surface area contributed by atoms with E-state index >= 15 is 0 Å². The molecule has 2 N–H and O–H groups in total. The molecule has 1 unspecified atom stereocenters. The first kappa shape index (κ1) is 22.4. The van der Waals surface area contributed by atoms with Crippen molar-refractivity contribution >= 4 is 28.7 Å². The summed E-state index contributed by atoms with van der Waals surface area (Å²) < 4.78 is 30.2. The molecule has 29 heavy (non-hydrogen) atoms. The summed E-state index contributed by atoms with van der Waals surface area (Å²) in [6.07, 6.45) is 0.494. The molecule has 2 aromatic carbocycles. The van der Waals surface area contributed by atoms with Gasteiger partial charge in [0.25, 0.3) is 5.91 Å². The molecule has 0 aliphatic carbocycles. The molecule has 0 spiro atoms. The number of halogens is 3. The summed E-state index contributed by atoms with van der Waals surface area (Å²) in [6.45, 7) is 1.08. The molecule has 1 fully saturated rings. The van der Waals surface area contributed by atoms with Crippen LogP contribution in [0.4, 0.5) is 13.6 Å². The maximum Gasteiger partial charge on any atom is 0.404 e. The molecule has 1 saturated heterocycles. The van der Waals surface area contributed by atoms with E-state index in [1.165, 1.54) is 6.07 Å². The highest BCUT2D eigenvalue weighted by Gasteiger charge is 2.24. The molecule has 1 atom stereocenters. The summed E-state index contributed by atoms with van der Waals surface area (Å²) in [7, 11) is 0. The van der Waals surface area contributed by atoms with Crippen molar-refractivity contribution in [2.24, 2.45) is 0 Å². The van der Waals surface area contributed by atoms with Crippen LogP contribution in [0.15, 0.2) is 48.5 Å². The predicted molar refractivity (Wildman–Crippen MR) is 103 cm³/mol. The van der Waals surface area contributed by atoms with Crippen LogP contribution >= 0.6 is 11.6 Å². The summed E-state index contributed by atoms with van der Waals surface area (Å²) in [6, 6.07) is 11.7. The lowest BCUT2D eigenvalue weighted by Crippen LogP contribution is -2.50. The molecule has 3 rings (SSSR count). The Bertz CT molecular complexity index is 865. The second-order valence-electron chi connectivity index (χ2n) is 6.10. The van der Waals surface area contributed by atoms with E-state index in [0.29, 0.717) is 13.0 Å². The van der Waals surface area contributed by atoms with Gasteiger partial charge in [-0.15, -0.1) is 0 Å². The molecule has 2 aromatic rings. The number of carbonyl (C=O) groups is 3. The highest BCUT2D eigenvalue weighted by atomic mass is 35.5. The highest BCUT2D eigenvalue weighted by molar-refractivity contribution is 6.61. The molecule has 154 valence electrons. The second kappa shape index (κ2) is 11.2. The van der Waals surface area contributed by atoms with Crippen LogP contribution in [0.3, 0.4) is 0 Å². The first-order valence-electron chi connectivity index (χ1n) is 8.72. The average molecular weight is 425 g/mol. The summed E-state index contributed by atoms with van der Waals surface area (Å²) in [5.74, 6) is -2.78. The van der Waals surface area contributed by atoms with E-state index in [-0.39, 0.29) is 24.5 Å². The Morgan fingerprint density at radius 3 is 2.48 bits per heavy atom. The number of ketones is 1. The minimum Gasteiger partial charge on any atom is -0.449 e. The Morgan fingerprint density at radius 2 is 1.86 bits per heavy atom. The van der Waals surface area contributed by atoms with Gasteiger partial charge in [0, 0.05) is 17.2 Å². The van der Waals surface area contributed by atoms with Gasteiger partial charge in [-0.1, -0.05) is 30.3 Å². The first-order chi connectivity index (χ1) is 13.9. The Hall–Kier alpha value is -2.84. The third kappa shape index (κ3) is 7.59. The van der Waals surface area contributed by atoms with Crippen molar-refractivity contribution in [3.63, 3.8) is 0 Å². The van der Waals surface area contributed by atoms with Gasteiger partial charge < -0.3 is 15.4 Å². The number of ether oxygens (including phenoxy) is 1. The third-order valence-electron chi connectivity index (χ3n) is 3.98. The topological polar surface area (TPSA) is 84.5 Å². The van der Waals surface area contributed by atoms with Gasteiger partial charge >= 0.3 is 5.43 Å². The standard InChI is InChI=1S/C12H12F2N2O2.C8H7ClO2/c13-8-2-1-7(5-9(8)14)12(18)16-10-3-4-15-6-11(10)17;9-8(10)11-6-7-4-2-1-3-5-7/h1-2,5,10,15H,3-4,6H2,(H,16,18);1-5H,6H2. The predicted octanol–water partition coefficient (Wildman–Crippen LogP) is 3.19. The zero-order valence-electron chi connectivity index (χ0n) is 15.3. The van der Waals surface area contributed by atoms with Crippen LogP contribution < -0.4 is 10.6 Å². The summed E-state index contributed by atoms with van der Waals surface area (Å²) in [4.78, 5) is 33.4. The number of Topliss-reactive ketones (excluding diaryl/α,β-unsaturated/α-hetero) is 1. The number of hydrogen-bond acceptors (Lipinski definition) is 5. The Kier molecular flexibility index (Phi) is 8.69. The maximum atomic E-state index is 13.0. The van der Waals surface area contributed by atoms with Gasteiger partial charge in [0.1, 0.15) is 6.61 Å². The quantitative estimate of drug-likeness (QED) is 0.736. The molecule has 9 heteroatoms. The Balaban J connectivity index is 0.000000234. The number of benzene rings is 2. The van der Waals surface area contributed by atoms with Crippen molar-refractivity contribution in [2.75, 3.05) is 13.1 Å². The second-order valence-corrected chi connectivity index (χ2v) is 6.41. The van der Waals surface area contributed by atoms with E-state index in [2.05, 4.69) is 15.4 Å². The molecular formula is C20H19ClF2N2O4. The fourth-order valence-corrected chi connectivity index (χ4v) is 2.54. The van der Waals surface area contributed by atoms with Crippen molar-refractivity contribution in [1.82, 2.24) is 10.6 Å². The average Bonchev–Trinajstić information content (AvgIpc) is 2.71. The molecule has 6 nitrogen and oxygen atoms in total. The zero-order valence-corrected chi connectivity index (χ0v) is 16.0. The normalized spacial score (nSPS) is 15.7. The lowest BCUT2D eigenvalue weighted by atomic mass is 10.0. The van der Waals surface area contributed by atoms with Crippen LogP contribution in [0.1, 0.15) is 22.3 Å².